The molecule has 0 radical (unpaired) electrons. The number of aromatic nitrogens is 2. The topological polar surface area (TPSA) is 34.4 Å². The molecule has 3 aromatic rings. The number of imidazole rings is 1. The van der Waals surface area contributed by atoms with Gasteiger partial charge in [0.25, 0.3) is 0 Å². The molecule has 0 spiro atoms. The van der Waals surface area contributed by atoms with Gasteiger partial charge in [0, 0.05) is 5.56 Å². The highest BCUT2D eigenvalue weighted by atomic mass is 35.5. The van der Waals surface area contributed by atoms with Crippen LogP contribution in [0, 0.1) is 0 Å². The van der Waals surface area contributed by atoms with Gasteiger partial charge in [-0.05, 0) is 12.1 Å². The number of carbonyl (C=O) groups is 1. The highest BCUT2D eigenvalue weighted by Gasteiger charge is 2.14. The summed E-state index contributed by atoms with van der Waals surface area (Å²) in [5, 5.41) is 0.476. The highest BCUT2D eigenvalue weighted by molar-refractivity contribution is 6.30. The number of aldehydes is 1. The van der Waals surface area contributed by atoms with E-state index in [4.69, 9.17) is 11.6 Å². The molecule has 2 heterocycles. The third-order valence-electron chi connectivity index (χ3n) is 2.79. The second-order valence-corrected chi connectivity index (χ2v) is 4.26. The Morgan fingerprint density at radius 3 is 2.56 bits per heavy atom. The maximum absolute atomic E-state index is 11.3. The largest absolute Gasteiger partial charge is 0.296 e. The van der Waals surface area contributed by atoms with Gasteiger partial charge in [0.2, 0.25) is 0 Å². The zero-order valence-electron chi connectivity index (χ0n) is 9.38. The zero-order valence-corrected chi connectivity index (χ0v) is 10.1. The first-order chi connectivity index (χ1) is 8.81. The zero-order chi connectivity index (χ0) is 12.5. The van der Waals surface area contributed by atoms with E-state index >= 15 is 0 Å². The molecule has 0 aliphatic heterocycles. The van der Waals surface area contributed by atoms with E-state index in [0.717, 1.165) is 11.8 Å². The lowest BCUT2D eigenvalue weighted by atomic mass is 10.1. The number of benzene rings is 1. The first kappa shape index (κ1) is 11.0. The van der Waals surface area contributed by atoms with Crippen LogP contribution < -0.4 is 0 Å². The number of nitrogens with zero attached hydrogens (tertiary/aromatic N) is 2. The number of fused-ring (bicyclic) bond motifs is 1. The van der Waals surface area contributed by atoms with Crippen LogP contribution in [0.3, 0.4) is 0 Å². The molecule has 3 nitrogen and oxygen atoms in total. The van der Waals surface area contributed by atoms with Crippen LogP contribution in [0.2, 0.25) is 5.15 Å². The minimum absolute atomic E-state index is 0.474. The van der Waals surface area contributed by atoms with Crippen LogP contribution in [0.5, 0.6) is 0 Å². The maximum Gasteiger partial charge on any atom is 0.169 e. The third kappa shape index (κ3) is 1.60. The monoisotopic (exact) mass is 256 g/mol. The summed E-state index contributed by atoms with van der Waals surface area (Å²) in [5.41, 5.74) is 2.70. The van der Waals surface area contributed by atoms with Gasteiger partial charge < -0.3 is 0 Å². The predicted octanol–water partition coefficient (Wildman–Crippen LogP) is 3.47. The lowest BCUT2D eigenvalue weighted by molar-refractivity contribution is 0.111. The van der Waals surface area contributed by atoms with Gasteiger partial charge in [0.15, 0.2) is 6.29 Å². The average molecular weight is 257 g/mol. The Balaban J connectivity index is 2.37. The van der Waals surface area contributed by atoms with Crippen molar-refractivity contribution in [1.29, 1.82) is 0 Å². The summed E-state index contributed by atoms with van der Waals surface area (Å²) in [6.07, 6.45) is 0.786. The minimum atomic E-state index is 0.474. The van der Waals surface area contributed by atoms with Gasteiger partial charge in [-0.1, -0.05) is 48.0 Å². The van der Waals surface area contributed by atoms with E-state index in [9.17, 15) is 4.79 Å². The van der Waals surface area contributed by atoms with Crippen molar-refractivity contribution in [3.8, 4) is 11.3 Å². The van der Waals surface area contributed by atoms with Gasteiger partial charge >= 0.3 is 0 Å². The summed E-state index contributed by atoms with van der Waals surface area (Å²) >= 11 is 6.11. The van der Waals surface area contributed by atoms with Gasteiger partial charge in [0.05, 0.1) is 0 Å². The summed E-state index contributed by atoms with van der Waals surface area (Å²) in [7, 11) is 0. The summed E-state index contributed by atoms with van der Waals surface area (Å²) in [6.45, 7) is 0. The fourth-order valence-electron chi connectivity index (χ4n) is 1.99. The van der Waals surface area contributed by atoms with E-state index in [1.54, 1.807) is 10.5 Å². The predicted molar refractivity (Wildman–Crippen MR) is 71.0 cm³/mol. The van der Waals surface area contributed by atoms with Crippen molar-refractivity contribution in [2.45, 2.75) is 0 Å². The molecule has 0 aliphatic carbocycles. The molecule has 2 aromatic heterocycles. The summed E-state index contributed by atoms with van der Waals surface area (Å²) in [4.78, 5) is 15.8. The molecule has 18 heavy (non-hydrogen) atoms. The van der Waals surface area contributed by atoms with Gasteiger partial charge in [0.1, 0.15) is 22.2 Å². The first-order valence-electron chi connectivity index (χ1n) is 5.49. The maximum atomic E-state index is 11.3. The van der Waals surface area contributed by atoms with Crippen LogP contribution in [0.4, 0.5) is 0 Å². The Morgan fingerprint density at radius 2 is 1.83 bits per heavy atom. The number of carbonyl (C=O) groups excluding carboxylic acids is 1. The average Bonchev–Trinajstić information content (AvgIpc) is 2.79. The Kier molecular flexibility index (Phi) is 2.61. The first-order valence-corrected chi connectivity index (χ1v) is 5.86. The van der Waals surface area contributed by atoms with E-state index in [1.807, 2.05) is 42.5 Å². The second-order valence-electron chi connectivity index (χ2n) is 3.87. The molecule has 4 heteroatoms. The number of hydrogen-bond donors (Lipinski definition) is 0. The Morgan fingerprint density at radius 1 is 1.06 bits per heavy atom. The van der Waals surface area contributed by atoms with Gasteiger partial charge in [-0.3, -0.25) is 9.20 Å². The minimum Gasteiger partial charge on any atom is -0.296 e. The van der Waals surface area contributed by atoms with E-state index in [2.05, 4.69) is 4.98 Å². The number of pyridine rings is 1. The molecule has 1 aromatic carbocycles. The van der Waals surface area contributed by atoms with Crippen LogP contribution in [-0.4, -0.2) is 15.7 Å². The lowest BCUT2D eigenvalue weighted by Crippen LogP contribution is -1.93. The van der Waals surface area contributed by atoms with Crippen molar-refractivity contribution < 1.29 is 4.79 Å². The van der Waals surface area contributed by atoms with Crippen molar-refractivity contribution in [2.75, 3.05) is 0 Å². The molecular formula is C14H9ClN2O. The van der Waals surface area contributed by atoms with Crippen molar-refractivity contribution >= 4 is 23.5 Å². The van der Waals surface area contributed by atoms with Crippen molar-refractivity contribution in [3.63, 3.8) is 0 Å². The molecular weight excluding hydrogens is 248 g/mol. The Hall–Kier alpha value is -2.13. The van der Waals surface area contributed by atoms with Crippen LogP contribution >= 0.6 is 11.6 Å². The molecule has 0 aliphatic rings. The van der Waals surface area contributed by atoms with Crippen molar-refractivity contribution in [3.05, 3.63) is 59.4 Å². The van der Waals surface area contributed by atoms with Crippen molar-refractivity contribution in [2.24, 2.45) is 0 Å². The lowest BCUT2D eigenvalue weighted by Gasteiger charge is -1.99. The fourth-order valence-corrected chi connectivity index (χ4v) is 2.24. The van der Waals surface area contributed by atoms with Crippen LogP contribution in [0.15, 0.2) is 48.5 Å². The van der Waals surface area contributed by atoms with E-state index < -0.39 is 0 Å². The molecule has 0 unspecified atom stereocenters. The van der Waals surface area contributed by atoms with E-state index in [0.29, 0.717) is 22.2 Å². The summed E-state index contributed by atoms with van der Waals surface area (Å²) in [5.74, 6) is 0. The van der Waals surface area contributed by atoms with Crippen LogP contribution in [0.25, 0.3) is 16.9 Å². The molecule has 3 rings (SSSR count). The normalized spacial score (nSPS) is 10.7. The highest BCUT2D eigenvalue weighted by Crippen LogP contribution is 2.25. The second kappa shape index (κ2) is 4.27. The Bertz CT molecular complexity index is 719. The molecule has 88 valence electrons. The number of hydrogen-bond acceptors (Lipinski definition) is 2. The molecule has 0 saturated heterocycles. The molecule has 0 bridgehead atoms. The summed E-state index contributed by atoms with van der Waals surface area (Å²) < 4.78 is 1.65. The quantitative estimate of drug-likeness (QED) is 0.520. The molecule has 0 N–H and O–H groups in total. The third-order valence-corrected chi connectivity index (χ3v) is 3.09. The van der Waals surface area contributed by atoms with E-state index in [-0.39, 0.29) is 0 Å². The Labute approximate surface area is 109 Å². The smallest absolute Gasteiger partial charge is 0.169 e. The van der Waals surface area contributed by atoms with Crippen LogP contribution in [0.1, 0.15) is 10.5 Å². The SMILES string of the molecule is O=Cc1c(-c2ccccc2)nc2cccc(Cl)n12. The van der Waals surface area contributed by atoms with Gasteiger partial charge in [-0.25, -0.2) is 4.98 Å². The summed E-state index contributed by atoms with van der Waals surface area (Å²) in [6, 6.07) is 15.0. The van der Waals surface area contributed by atoms with Gasteiger partial charge in [-0.2, -0.15) is 0 Å². The fraction of sp³-hybridized carbons (Fsp3) is 0. The van der Waals surface area contributed by atoms with E-state index in [1.165, 1.54) is 0 Å². The van der Waals surface area contributed by atoms with Crippen LogP contribution in [-0.2, 0) is 0 Å². The molecule has 0 fully saturated rings. The molecule has 0 atom stereocenters. The standard InChI is InChI=1S/C14H9ClN2O/c15-12-7-4-8-13-16-14(11(9-18)17(12)13)10-5-2-1-3-6-10/h1-9H. The number of halogens is 1. The molecule has 0 amide bonds. The number of rotatable bonds is 2. The molecule has 0 saturated carbocycles. The van der Waals surface area contributed by atoms with Crippen molar-refractivity contribution in [1.82, 2.24) is 9.38 Å². The van der Waals surface area contributed by atoms with Gasteiger partial charge in [-0.15, -0.1) is 0 Å².